The number of halogens is 1. The van der Waals surface area contributed by atoms with Crippen LogP contribution < -0.4 is 15.0 Å². The van der Waals surface area contributed by atoms with Crippen LogP contribution in [0.3, 0.4) is 0 Å². The van der Waals surface area contributed by atoms with Gasteiger partial charge in [-0.15, -0.1) is 0 Å². The molecule has 1 atom stereocenters. The lowest BCUT2D eigenvalue weighted by atomic mass is 10.2. The molecule has 1 aromatic carbocycles. The Morgan fingerprint density at radius 3 is 3.04 bits per heavy atom. The second kappa shape index (κ2) is 7.29. The molecule has 1 fully saturated rings. The van der Waals surface area contributed by atoms with E-state index in [9.17, 15) is 0 Å². The van der Waals surface area contributed by atoms with Crippen molar-refractivity contribution >= 4 is 34.3 Å². The molecule has 1 aliphatic rings. The van der Waals surface area contributed by atoms with Crippen molar-refractivity contribution in [1.82, 2.24) is 19.9 Å². The maximum absolute atomic E-state index is 6.05. The second-order valence-corrected chi connectivity index (χ2v) is 6.48. The van der Waals surface area contributed by atoms with Crippen molar-refractivity contribution in [3.63, 3.8) is 0 Å². The lowest BCUT2D eigenvalue weighted by Crippen LogP contribution is -2.27. The van der Waals surface area contributed by atoms with E-state index in [1.165, 1.54) is 0 Å². The predicted octanol–water partition coefficient (Wildman–Crippen LogP) is 3.16. The monoisotopic (exact) mass is 370 g/mol. The first-order valence-corrected chi connectivity index (χ1v) is 8.99. The maximum atomic E-state index is 6.05. The Bertz CT molecular complexity index is 916. The minimum Gasteiger partial charge on any atom is -0.477 e. The van der Waals surface area contributed by atoms with Crippen LogP contribution in [-0.2, 0) is 0 Å². The van der Waals surface area contributed by atoms with Crippen LogP contribution in [0, 0.1) is 0 Å². The van der Waals surface area contributed by atoms with E-state index < -0.39 is 0 Å². The fourth-order valence-electron chi connectivity index (χ4n) is 3.15. The van der Waals surface area contributed by atoms with Gasteiger partial charge in [0.2, 0.25) is 11.8 Å². The fraction of sp³-hybridized carbons (Fsp3) is 0.333. The van der Waals surface area contributed by atoms with Gasteiger partial charge in [-0.25, -0.2) is 15.0 Å². The van der Waals surface area contributed by atoms with Crippen LogP contribution in [0.5, 0.6) is 5.88 Å². The standard InChI is InChI=1S/C18H19ClN6O/c1-2-26-17-14(19)9-20-18(24-17)23-12-7-8-25(10-12)16-13-5-3-4-6-15(13)21-11-22-16/h3-6,9,11-12H,2,7-8,10H2,1H3,(H,20,23,24). The molecule has 2 aromatic heterocycles. The van der Waals surface area contributed by atoms with Gasteiger partial charge in [-0.1, -0.05) is 23.7 Å². The number of hydrogen-bond donors (Lipinski definition) is 1. The summed E-state index contributed by atoms with van der Waals surface area (Å²) in [5.41, 5.74) is 0.955. The van der Waals surface area contributed by atoms with Crippen molar-refractivity contribution in [2.24, 2.45) is 0 Å². The number of benzene rings is 1. The van der Waals surface area contributed by atoms with Gasteiger partial charge >= 0.3 is 0 Å². The third-order valence-corrected chi connectivity index (χ3v) is 4.60. The normalized spacial score (nSPS) is 16.8. The van der Waals surface area contributed by atoms with Crippen LogP contribution in [0.2, 0.25) is 5.02 Å². The summed E-state index contributed by atoms with van der Waals surface area (Å²) in [6.07, 6.45) is 4.15. The minimum atomic E-state index is 0.222. The zero-order valence-corrected chi connectivity index (χ0v) is 15.1. The molecular weight excluding hydrogens is 352 g/mol. The molecule has 134 valence electrons. The summed E-state index contributed by atoms with van der Waals surface area (Å²) >= 11 is 6.05. The Morgan fingerprint density at radius 2 is 2.15 bits per heavy atom. The third-order valence-electron chi connectivity index (χ3n) is 4.34. The number of aromatic nitrogens is 4. The van der Waals surface area contributed by atoms with Crippen molar-refractivity contribution in [2.75, 3.05) is 29.9 Å². The van der Waals surface area contributed by atoms with E-state index in [0.717, 1.165) is 36.2 Å². The molecule has 4 rings (SSSR count). The average Bonchev–Trinajstić information content (AvgIpc) is 3.12. The van der Waals surface area contributed by atoms with Crippen LogP contribution in [0.15, 0.2) is 36.8 Å². The number of anilines is 2. The fourth-order valence-corrected chi connectivity index (χ4v) is 3.30. The number of para-hydroxylation sites is 1. The molecule has 1 unspecified atom stereocenters. The van der Waals surface area contributed by atoms with E-state index >= 15 is 0 Å². The highest BCUT2D eigenvalue weighted by atomic mass is 35.5. The molecule has 0 saturated carbocycles. The lowest BCUT2D eigenvalue weighted by molar-refractivity contribution is 0.327. The molecule has 1 saturated heterocycles. The van der Waals surface area contributed by atoms with E-state index in [1.54, 1.807) is 12.5 Å². The first kappa shape index (κ1) is 16.8. The highest BCUT2D eigenvalue weighted by Gasteiger charge is 2.25. The van der Waals surface area contributed by atoms with Gasteiger partial charge in [-0.05, 0) is 25.5 Å². The summed E-state index contributed by atoms with van der Waals surface area (Å²) in [4.78, 5) is 19.7. The summed E-state index contributed by atoms with van der Waals surface area (Å²) in [5, 5.41) is 4.85. The summed E-state index contributed by atoms with van der Waals surface area (Å²) in [7, 11) is 0. The molecule has 3 heterocycles. The van der Waals surface area contributed by atoms with Crippen LogP contribution in [-0.4, -0.2) is 45.7 Å². The number of ether oxygens (including phenoxy) is 1. The number of rotatable bonds is 5. The van der Waals surface area contributed by atoms with Crippen molar-refractivity contribution in [3.05, 3.63) is 41.8 Å². The van der Waals surface area contributed by atoms with Gasteiger partial charge in [0.05, 0.1) is 18.3 Å². The average molecular weight is 371 g/mol. The largest absolute Gasteiger partial charge is 0.477 e. The van der Waals surface area contributed by atoms with Crippen molar-refractivity contribution in [3.8, 4) is 5.88 Å². The Kier molecular flexibility index (Phi) is 4.71. The van der Waals surface area contributed by atoms with Gasteiger partial charge in [0, 0.05) is 24.5 Å². The number of fused-ring (bicyclic) bond motifs is 1. The summed E-state index contributed by atoms with van der Waals surface area (Å²) in [5.74, 6) is 1.90. The molecule has 3 aromatic rings. The molecule has 0 bridgehead atoms. The molecule has 0 amide bonds. The molecule has 26 heavy (non-hydrogen) atoms. The Hall–Kier alpha value is -2.67. The van der Waals surface area contributed by atoms with Crippen molar-refractivity contribution in [2.45, 2.75) is 19.4 Å². The Balaban J connectivity index is 1.49. The van der Waals surface area contributed by atoms with Crippen LogP contribution in [0.1, 0.15) is 13.3 Å². The van der Waals surface area contributed by atoms with Gasteiger partial charge in [0.1, 0.15) is 17.2 Å². The third kappa shape index (κ3) is 3.35. The van der Waals surface area contributed by atoms with Crippen molar-refractivity contribution < 1.29 is 4.74 Å². The topological polar surface area (TPSA) is 76.1 Å². The number of nitrogens with zero attached hydrogens (tertiary/aromatic N) is 5. The molecule has 7 nitrogen and oxygen atoms in total. The highest BCUT2D eigenvalue weighted by Crippen LogP contribution is 2.27. The summed E-state index contributed by atoms with van der Waals surface area (Å²) in [6.45, 7) is 4.13. The van der Waals surface area contributed by atoms with E-state index in [0.29, 0.717) is 23.5 Å². The SMILES string of the molecule is CCOc1nc(NC2CCN(c3ncnc4ccccc34)C2)ncc1Cl. The molecule has 1 N–H and O–H groups in total. The quantitative estimate of drug-likeness (QED) is 0.739. The molecule has 8 heteroatoms. The number of nitrogens with one attached hydrogen (secondary N) is 1. The van der Waals surface area contributed by atoms with Crippen LogP contribution >= 0.6 is 11.6 Å². The minimum absolute atomic E-state index is 0.222. The van der Waals surface area contributed by atoms with Gasteiger partial charge in [0.15, 0.2) is 0 Å². The second-order valence-electron chi connectivity index (χ2n) is 6.07. The first-order chi connectivity index (χ1) is 12.7. The van der Waals surface area contributed by atoms with Gasteiger partial charge in [-0.2, -0.15) is 4.98 Å². The molecule has 0 radical (unpaired) electrons. The van der Waals surface area contributed by atoms with E-state index in [1.807, 2.05) is 25.1 Å². The Morgan fingerprint density at radius 1 is 1.27 bits per heavy atom. The maximum Gasteiger partial charge on any atom is 0.237 e. The summed E-state index contributed by atoms with van der Waals surface area (Å²) in [6, 6.07) is 8.28. The van der Waals surface area contributed by atoms with Crippen molar-refractivity contribution in [1.29, 1.82) is 0 Å². The molecule has 0 aliphatic carbocycles. The predicted molar refractivity (Wildman–Crippen MR) is 102 cm³/mol. The molecule has 1 aliphatic heterocycles. The lowest BCUT2D eigenvalue weighted by Gasteiger charge is -2.19. The molecule has 0 spiro atoms. The number of hydrogen-bond acceptors (Lipinski definition) is 7. The van der Waals surface area contributed by atoms with Gasteiger partial charge < -0.3 is 15.0 Å². The van der Waals surface area contributed by atoms with Gasteiger partial charge in [-0.3, -0.25) is 0 Å². The highest BCUT2D eigenvalue weighted by molar-refractivity contribution is 6.31. The smallest absolute Gasteiger partial charge is 0.237 e. The van der Waals surface area contributed by atoms with E-state index in [2.05, 4.69) is 36.2 Å². The Labute approximate surface area is 156 Å². The van der Waals surface area contributed by atoms with Crippen LogP contribution in [0.4, 0.5) is 11.8 Å². The first-order valence-electron chi connectivity index (χ1n) is 8.61. The summed E-state index contributed by atoms with van der Waals surface area (Å²) < 4.78 is 5.43. The zero-order chi connectivity index (χ0) is 17.9. The molecular formula is C18H19ClN6O. The van der Waals surface area contributed by atoms with Crippen LogP contribution in [0.25, 0.3) is 10.9 Å². The zero-order valence-electron chi connectivity index (χ0n) is 14.4. The van der Waals surface area contributed by atoms with Gasteiger partial charge in [0.25, 0.3) is 0 Å². The van der Waals surface area contributed by atoms with E-state index in [-0.39, 0.29) is 6.04 Å². The van der Waals surface area contributed by atoms with E-state index in [4.69, 9.17) is 16.3 Å².